The van der Waals surface area contributed by atoms with Crippen LogP contribution in [-0.2, 0) is 58.5 Å². The van der Waals surface area contributed by atoms with Gasteiger partial charge in [0.2, 0.25) is 0 Å². The van der Waals surface area contributed by atoms with Gasteiger partial charge in [0, 0.05) is 70.9 Å². The van der Waals surface area contributed by atoms with Crippen LogP contribution in [0.3, 0.4) is 0 Å². The number of rotatable bonds is 1. The molecule has 0 amide bonds. The summed E-state index contributed by atoms with van der Waals surface area (Å²) in [5, 5.41) is 0.764. The molecule has 0 saturated carbocycles. The summed E-state index contributed by atoms with van der Waals surface area (Å²) in [6.07, 6.45) is 3.18. The summed E-state index contributed by atoms with van der Waals surface area (Å²) in [7, 11) is 0. The van der Waals surface area contributed by atoms with Crippen LogP contribution in [0.4, 0.5) is 5.82 Å². The SMILES string of the molecule is CC.[CH2-]C1O[C@@H](n2cc(C#Cc3ccccc3)c3c(N)ncnc32)C(C)(C)C1C.[W].[Y]. The minimum absolute atomic E-state index is 0. The minimum atomic E-state index is -0.195. The van der Waals surface area contributed by atoms with Crippen LogP contribution in [0.2, 0.25) is 0 Å². The molecule has 1 fully saturated rings. The monoisotopic (exact) mass is 662 g/mol. The largest absolute Gasteiger partial charge is 0.386 e. The second-order valence-corrected chi connectivity index (χ2v) is 7.66. The van der Waals surface area contributed by atoms with Gasteiger partial charge in [0.15, 0.2) is 0 Å². The predicted molar refractivity (Wildman–Crippen MR) is 118 cm³/mol. The number of fused-ring (bicyclic) bond motifs is 1. The van der Waals surface area contributed by atoms with Gasteiger partial charge in [-0.15, -0.1) is 0 Å². The van der Waals surface area contributed by atoms with Gasteiger partial charge in [-0.3, -0.25) is 0 Å². The first kappa shape index (κ1) is 28.0. The maximum absolute atomic E-state index is 6.20. The molecule has 1 aromatic carbocycles. The van der Waals surface area contributed by atoms with Gasteiger partial charge in [-0.2, -0.15) is 0 Å². The van der Waals surface area contributed by atoms with Crippen molar-refractivity contribution in [3.05, 3.63) is 60.9 Å². The van der Waals surface area contributed by atoms with E-state index in [0.29, 0.717) is 11.7 Å². The van der Waals surface area contributed by atoms with Gasteiger partial charge in [-0.25, -0.2) is 9.97 Å². The first-order valence-corrected chi connectivity index (χ1v) is 10.1. The molecule has 2 N–H and O–H groups in total. The van der Waals surface area contributed by atoms with Crippen molar-refractivity contribution in [1.29, 1.82) is 0 Å². The summed E-state index contributed by atoms with van der Waals surface area (Å²) in [6, 6.07) is 9.86. The Labute approximate surface area is 225 Å². The Morgan fingerprint density at radius 1 is 1.13 bits per heavy atom. The van der Waals surface area contributed by atoms with E-state index in [9.17, 15) is 0 Å². The van der Waals surface area contributed by atoms with Crippen LogP contribution < -0.4 is 5.73 Å². The molecule has 31 heavy (non-hydrogen) atoms. The second-order valence-electron chi connectivity index (χ2n) is 7.66. The molecule has 7 heteroatoms. The van der Waals surface area contributed by atoms with E-state index >= 15 is 0 Å². The molecule has 2 unspecified atom stereocenters. The number of nitrogen functional groups attached to an aromatic ring is 1. The average Bonchev–Trinajstić information content (AvgIpc) is 3.20. The molecule has 0 bridgehead atoms. The molecule has 1 radical (unpaired) electrons. The van der Waals surface area contributed by atoms with Crippen molar-refractivity contribution in [2.45, 2.75) is 47.0 Å². The number of hydrogen-bond acceptors (Lipinski definition) is 4. The van der Waals surface area contributed by atoms with Crippen LogP contribution in [0.1, 0.15) is 52.0 Å². The van der Waals surface area contributed by atoms with Crippen LogP contribution >= 0.6 is 0 Å². The number of benzene rings is 1. The van der Waals surface area contributed by atoms with Crippen LogP contribution in [0.25, 0.3) is 11.0 Å². The topological polar surface area (TPSA) is 66.0 Å². The Morgan fingerprint density at radius 2 is 1.77 bits per heavy atom. The number of ether oxygens (including phenoxy) is 1. The predicted octanol–water partition coefficient (Wildman–Crippen LogP) is 4.83. The molecule has 1 saturated heterocycles. The third-order valence-corrected chi connectivity index (χ3v) is 5.68. The molecule has 5 nitrogen and oxygen atoms in total. The Morgan fingerprint density at radius 3 is 2.35 bits per heavy atom. The van der Waals surface area contributed by atoms with Crippen molar-refractivity contribution in [2.24, 2.45) is 11.3 Å². The smallest absolute Gasteiger partial charge is 0.148 e. The average molecular weight is 662 g/mol. The third-order valence-electron chi connectivity index (χ3n) is 5.68. The first-order chi connectivity index (χ1) is 13.9. The van der Waals surface area contributed by atoms with Crippen molar-refractivity contribution < 1.29 is 58.5 Å². The Bertz CT molecular complexity index is 1060. The Balaban J connectivity index is 0.00000117. The van der Waals surface area contributed by atoms with Gasteiger partial charge in [0.05, 0.1) is 10.9 Å². The quantitative estimate of drug-likeness (QED) is 0.300. The Kier molecular flexibility index (Phi) is 10.6. The summed E-state index contributed by atoms with van der Waals surface area (Å²) in [5.74, 6) is 7.16. The van der Waals surface area contributed by atoms with Crippen LogP contribution in [0, 0.1) is 30.1 Å². The molecule has 0 aliphatic carbocycles. The first-order valence-electron chi connectivity index (χ1n) is 10.1. The van der Waals surface area contributed by atoms with E-state index in [2.05, 4.69) is 49.5 Å². The van der Waals surface area contributed by atoms with Gasteiger partial charge in [-0.1, -0.05) is 70.8 Å². The standard InChI is InChI=1S/C22H23N4O.C2H6.W.Y/c1-14-15(2)27-21(22(14,3)4)26-12-17(11-10-16-8-6-5-7-9-16)18-19(23)24-13-25-20(18)26;1-2;;/h5-9,12-15,21H,2H2,1,3-4H3,(H2,23,24,25);1-2H3;;/q-1;;;/t14?,15?,21-;;;/m1.../s1. The van der Waals surface area contributed by atoms with Gasteiger partial charge in [-0.05, 0) is 18.1 Å². The van der Waals surface area contributed by atoms with Crippen LogP contribution in [0.5, 0.6) is 0 Å². The molecule has 1 aliphatic heterocycles. The molecular formula is C24H29N4OWY-. The van der Waals surface area contributed by atoms with E-state index < -0.39 is 0 Å². The van der Waals surface area contributed by atoms with E-state index in [1.165, 1.54) is 6.33 Å². The van der Waals surface area contributed by atoms with Crippen molar-refractivity contribution >= 4 is 16.9 Å². The van der Waals surface area contributed by atoms with Crippen molar-refractivity contribution in [1.82, 2.24) is 14.5 Å². The van der Waals surface area contributed by atoms with E-state index in [4.69, 9.17) is 10.5 Å². The van der Waals surface area contributed by atoms with Crippen molar-refractivity contribution in [2.75, 3.05) is 5.73 Å². The third kappa shape index (κ3) is 5.48. The molecule has 4 rings (SSSR count). The number of nitrogens with zero attached hydrogens (tertiary/aromatic N) is 3. The van der Waals surface area contributed by atoms with Crippen LogP contribution in [-0.4, -0.2) is 20.6 Å². The van der Waals surface area contributed by atoms with E-state index in [1.807, 2.05) is 54.9 Å². The molecule has 3 heterocycles. The number of aromatic nitrogens is 3. The van der Waals surface area contributed by atoms with E-state index in [1.54, 1.807) is 0 Å². The summed E-state index contributed by atoms with van der Waals surface area (Å²) in [5.41, 5.74) is 8.54. The molecule has 0 spiro atoms. The van der Waals surface area contributed by atoms with E-state index in [0.717, 1.165) is 22.2 Å². The van der Waals surface area contributed by atoms with Gasteiger partial charge in [0.1, 0.15) is 24.0 Å². The van der Waals surface area contributed by atoms with Gasteiger partial charge >= 0.3 is 0 Å². The van der Waals surface area contributed by atoms with E-state index in [-0.39, 0.29) is 71.5 Å². The molecular weight excluding hydrogens is 633 g/mol. The molecule has 1 aliphatic rings. The zero-order valence-electron chi connectivity index (χ0n) is 18.8. The fraction of sp³-hybridized carbons (Fsp3) is 0.375. The number of anilines is 1. The molecule has 161 valence electrons. The number of hydrogen-bond donors (Lipinski definition) is 1. The van der Waals surface area contributed by atoms with Crippen molar-refractivity contribution in [3.8, 4) is 11.8 Å². The molecule has 3 atom stereocenters. The summed E-state index contributed by atoms with van der Waals surface area (Å²) < 4.78 is 8.23. The zero-order chi connectivity index (χ0) is 21.2. The van der Waals surface area contributed by atoms with Gasteiger partial charge in [0.25, 0.3) is 0 Å². The van der Waals surface area contributed by atoms with Crippen molar-refractivity contribution in [3.63, 3.8) is 0 Å². The zero-order valence-corrected chi connectivity index (χ0v) is 24.6. The molecule has 2 aromatic heterocycles. The summed E-state index contributed by atoms with van der Waals surface area (Å²) in [6.45, 7) is 14.7. The second kappa shape index (κ2) is 11.7. The van der Waals surface area contributed by atoms with Gasteiger partial charge < -0.3 is 22.0 Å². The minimum Gasteiger partial charge on any atom is -0.386 e. The summed E-state index contributed by atoms with van der Waals surface area (Å²) in [4.78, 5) is 8.64. The normalized spacial score (nSPS) is 21.0. The molecule has 3 aromatic rings. The maximum Gasteiger partial charge on any atom is 0.148 e. The Hall–Kier alpha value is -1.05. The fourth-order valence-electron chi connectivity index (χ4n) is 3.63. The maximum atomic E-state index is 6.20. The summed E-state index contributed by atoms with van der Waals surface area (Å²) >= 11 is 0. The number of nitrogens with two attached hydrogens (primary N) is 1. The fourth-order valence-corrected chi connectivity index (χ4v) is 3.63. The van der Waals surface area contributed by atoms with Crippen LogP contribution in [0.15, 0.2) is 42.9 Å².